The maximum absolute atomic E-state index is 11.3. The minimum absolute atomic E-state index is 0.130. The number of primary amides is 1. The molecular weight excluding hydrogens is 202 g/mol. The average molecular weight is 211 g/mol. The minimum Gasteiger partial charge on any atom is -0.383 e. The fourth-order valence-corrected chi connectivity index (χ4v) is 0.955. The predicted octanol–water partition coefficient (Wildman–Crippen LogP) is -1.59. The lowest BCUT2D eigenvalue weighted by molar-refractivity contribution is -0.114. The van der Waals surface area contributed by atoms with E-state index >= 15 is 0 Å². The van der Waals surface area contributed by atoms with Crippen LogP contribution in [-0.2, 0) is 4.79 Å². The first-order valence-electron chi connectivity index (χ1n) is 3.89. The van der Waals surface area contributed by atoms with E-state index in [1.807, 2.05) is 0 Å². The number of aromatic amines is 1. The van der Waals surface area contributed by atoms with Gasteiger partial charge < -0.3 is 11.5 Å². The maximum Gasteiger partial charge on any atom is 0.267 e. The SMILES string of the molecule is CC(=O)Nc1nc(N)c(C(N)=O)c(=O)[nH]1. The lowest BCUT2D eigenvalue weighted by Crippen LogP contribution is -2.28. The molecule has 1 rings (SSSR count). The Morgan fingerprint density at radius 3 is 2.47 bits per heavy atom. The number of hydrogen-bond acceptors (Lipinski definition) is 5. The molecule has 0 aliphatic rings. The van der Waals surface area contributed by atoms with E-state index in [2.05, 4.69) is 15.3 Å². The summed E-state index contributed by atoms with van der Waals surface area (Å²) in [7, 11) is 0. The van der Waals surface area contributed by atoms with E-state index in [1.54, 1.807) is 0 Å². The second-order valence-corrected chi connectivity index (χ2v) is 2.72. The van der Waals surface area contributed by atoms with Crippen LogP contribution in [0.25, 0.3) is 0 Å². The third kappa shape index (κ3) is 2.30. The third-order valence-corrected chi connectivity index (χ3v) is 1.49. The van der Waals surface area contributed by atoms with Crippen LogP contribution in [0.1, 0.15) is 17.3 Å². The fourth-order valence-electron chi connectivity index (χ4n) is 0.955. The number of carbonyl (C=O) groups is 2. The van der Waals surface area contributed by atoms with Gasteiger partial charge in [-0.3, -0.25) is 24.7 Å². The van der Waals surface area contributed by atoms with E-state index in [1.165, 1.54) is 6.92 Å². The van der Waals surface area contributed by atoms with Crippen molar-refractivity contribution in [1.29, 1.82) is 0 Å². The number of aromatic nitrogens is 2. The predicted molar refractivity (Wildman–Crippen MR) is 52.1 cm³/mol. The Kier molecular flexibility index (Phi) is 2.70. The number of nitrogen functional groups attached to an aromatic ring is 1. The highest BCUT2D eigenvalue weighted by Crippen LogP contribution is 2.04. The van der Waals surface area contributed by atoms with Crippen LogP contribution in [0.3, 0.4) is 0 Å². The molecule has 80 valence electrons. The molecule has 8 nitrogen and oxygen atoms in total. The van der Waals surface area contributed by atoms with Crippen LogP contribution >= 0.6 is 0 Å². The highest BCUT2D eigenvalue weighted by atomic mass is 16.2. The van der Waals surface area contributed by atoms with Crippen molar-refractivity contribution in [3.8, 4) is 0 Å². The fraction of sp³-hybridized carbons (Fsp3) is 0.143. The van der Waals surface area contributed by atoms with Crippen LogP contribution in [-0.4, -0.2) is 21.8 Å². The Balaban J connectivity index is 3.26. The monoisotopic (exact) mass is 211 g/mol. The molecule has 0 unspecified atom stereocenters. The van der Waals surface area contributed by atoms with Crippen LogP contribution in [0.15, 0.2) is 4.79 Å². The van der Waals surface area contributed by atoms with Crippen LogP contribution in [0.5, 0.6) is 0 Å². The summed E-state index contributed by atoms with van der Waals surface area (Å²) in [4.78, 5) is 38.4. The molecule has 0 atom stereocenters. The van der Waals surface area contributed by atoms with E-state index < -0.39 is 22.9 Å². The van der Waals surface area contributed by atoms with E-state index in [9.17, 15) is 14.4 Å². The van der Waals surface area contributed by atoms with Crippen molar-refractivity contribution < 1.29 is 9.59 Å². The van der Waals surface area contributed by atoms with E-state index in [0.29, 0.717) is 0 Å². The van der Waals surface area contributed by atoms with Gasteiger partial charge in [-0.1, -0.05) is 0 Å². The zero-order valence-corrected chi connectivity index (χ0v) is 7.83. The molecule has 0 aliphatic heterocycles. The third-order valence-electron chi connectivity index (χ3n) is 1.49. The number of anilines is 2. The normalized spacial score (nSPS) is 9.67. The zero-order valence-electron chi connectivity index (χ0n) is 7.83. The minimum atomic E-state index is -0.976. The van der Waals surface area contributed by atoms with Crippen molar-refractivity contribution in [3.05, 3.63) is 15.9 Å². The van der Waals surface area contributed by atoms with Gasteiger partial charge in [0.05, 0.1) is 0 Å². The summed E-state index contributed by atoms with van der Waals surface area (Å²) < 4.78 is 0. The smallest absolute Gasteiger partial charge is 0.267 e. The maximum atomic E-state index is 11.3. The molecule has 1 heterocycles. The van der Waals surface area contributed by atoms with Gasteiger partial charge in [0.25, 0.3) is 11.5 Å². The Hall–Kier alpha value is -2.38. The number of amides is 2. The van der Waals surface area contributed by atoms with Gasteiger partial charge in [-0.2, -0.15) is 4.98 Å². The molecule has 6 N–H and O–H groups in total. The standard InChI is InChI=1S/C7H9N5O3/c1-2(13)10-7-11-4(8)3(5(9)14)6(15)12-7/h1H3,(H2,9,14)(H4,8,10,11,12,13,15). The lowest BCUT2D eigenvalue weighted by atomic mass is 10.3. The van der Waals surface area contributed by atoms with Crippen molar-refractivity contribution in [2.45, 2.75) is 6.92 Å². The Morgan fingerprint density at radius 1 is 1.47 bits per heavy atom. The first-order valence-corrected chi connectivity index (χ1v) is 3.89. The number of nitrogens with two attached hydrogens (primary N) is 2. The van der Waals surface area contributed by atoms with Crippen LogP contribution < -0.4 is 22.3 Å². The number of H-pyrrole nitrogens is 1. The van der Waals surface area contributed by atoms with Crippen molar-refractivity contribution in [1.82, 2.24) is 9.97 Å². The number of rotatable bonds is 2. The molecule has 2 amide bonds. The van der Waals surface area contributed by atoms with Gasteiger partial charge in [0.2, 0.25) is 11.9 Å². The zero-order chi connectivity index (χ0) is 11.6. The van der Waals surface area contributed by atoms with Gasteiger partial charge >= 0.3 is 0 Å². The second-order valence-electron chi connectivity index (χ2n) is 2.72. The second kappa shape index (κ2) is 3.78. The topological polar surface area (TPSA) is 144 Å². The van der Waals surface area contributed by atoms with Crippen LogP contribution in [0.2, 0.25) is 0 Å². The molecular formula is C7H9N5O3. The van der Waals surface area contributed by atoms with Crippen LogP contribution in [0, 0.1) is 0 Å². The summed E-state index contributed by atoms with van der Waals surface area (Å²) in [5, 5.41) is 2.21. The van der Waals surface area contributed by atoms with Gasteiger partial charge in [0.1, 0.15) is 11.4 Å². The molecule has 0 saturated carbocycles. The number of carbonyl (C=O) groups excluding carboxylic acids is 2. The average Bonchev–Trinajstić information content (AvgIpc) is 1.99. The molecule has 0 bridgehead atoms. The highest BCUT2D eigenvalue weighted by Gasteiger charge is 2.14. The van der Waals surface area contributed by atoms with Gasteiger partial charge in [-0.15, -0.1) is 0 Å². The highest BCUT2D eigenvalue weighted by molar-refractivity contribution is 5.97. The molecule has 0 saturated heterocycles. The number of nitrogens with one attached hydrogen (secondary N) is 2. The van der Waals surface area contributed by atoms with Crippen molar-refractivity contribution >= 4 is 23.6 Å². The molecule has 1 aromatic heterocycles. The molecule has 0 fully saturated rings. The molecule has 0 aliphatic carbocycles. The molecule has 0 radical (unpaired) electrons. The Morgan fingerprint density at radius 2 is 2.07 bits per heavy atom. The van der Waals surface area contributed by atoms with Gasteiger partial charge in [0, 0.05) is 6.92 Å². The van der Waals surface area contributed by atoms with Crippen LogP contribution in [0.4, 0.5) is 11.8 Å². The van der Waals surface area contributed by atoms with Gasteiger partial charge in [-0.25, -0.2) is 0 Å². The summed E-state index contributed by atoms with van der Waals surface area (Å²) in [6.07, 6.45) is 0. The van der Waals surface area contributed by atoms with Gasteiger partial charge in [0.15, 0.2) is 0 Å². The summed E-state index contributed by atoms with van der Waals surface area (Å²) >= 11 is 0. The quantitative estimate of drug-likeness (QED) is 0.466. The molecule has 15 heavy (non-hydrogen) atoms. The lowest BCUT2D eigenvalue weighted by Gasteiger charge is -2.03. The summed E-state index contributed by atoms with van der Waals surface area (Å²) in [5.41, 5.74) is 9.00. The van der Waals surface area contributed by atoms with Crippen molar-refractivity contribution in [2.75, 3.05) is 11.1 Å². The summed E-state index contributed by atoms with van der Waals surface area (Å²) in [5.74, 6) is -1.86. The largest absolute Gasteiger partial charge is 0.383 e. The first kappa shape index (κ1) is 10.7. The molecule has 8 heteroatoms. The molecule has 0 spiro atoms. The molecule has 0 aromatic carbocycles. The van der Waals surface area contributed by atoms with E-state index in [-0.39, 0.29) is 11.8 Å². The number of nitrogens with zero attached hydrogens (tertiary/aromatic N) is 1. The Labute approximate surface area is 83.7 Å². The summed E-state index contributed by atoms with van der Waals surface area (Å²) in [6.45, 7) is 1.23. The van der Waals surface area contributed by atoms with E-state index in [4.69, 9.17) is 11.5 Å². The van der Waals surface area contributed by atoms with Crippen molar-refractivity contribution in [3.63, 3.8) is 0 Å². The Bertz CT molecular complexity index is 478. The summed E-state index contributed by atoms with van der Waals surface area (Å²) in [6, 6.07) is 0. The molecule has 1 aromatic rings. The first-order chi connectivity index (χ1) is 6.91. The number of hydrogen-bond donors (Lipinski definition) is 4. The van der Waals surface area contributed by atoms with Gasteiger partial charge in [-0.05, 0) is 0 Å². The van der Waals surface area contributed by atoms with E-state index in [0.717, 1.165) is 0 Å². The van der Waals surface area contributed by atoms with Crippen molar-refractivity contribution in [2.24, 2.45) is 5.73 Å².